The second-order valence-electron chi connectivity index (χ2n) is 4.75. The van der Waals surface area contributed by atoms with Crippen molar-refractivity contribution in [3.63, 3.8) is 0 Å². The van der Waals surface area contributed by atoms with E-state index < -0.39 is 0 Å². The van der Waals surface area contributed by atoms with Crippen molar-refractivity contribution < 1.29 is 18.9 Å². The topological polar surface area (TPSA) is 45.5 Å². The van der Waals surface area contributed by atoms with E-state index in [4.69, 9.17) is 0 Å². The monoisotopic (exact) mass is 164 g/mol. The number of rotatable bonds is 0. The molecule has 0 atom stereocenters. The smallest absolute Gasteiger partial charge is 0.693 e. The van der Waals surface area contributed by atoms with Crippen molar-refractivity contribution in [3.8, 4) is 0 Å². The standard InChI is InChI=1S/C9H19N.Li.H2N/c1-8(2)6-5-7-9(3,4)10-8;;/h10H,5-7H2,1-4H3;;1H2/q;+1;-1. The van der Waals surface area contributed by atoms with E-state index in [9.17, 15) is 0 Å². The number of piperidine rings is 1. The average molecular weight is 164 g/mol. The van der Waals surface area contributed by atoms with Crippen LogP contribution in [-0.4, -0.2) is 11.1 Å². The van der Waals surface area contributed by atoms with E-state index in [-0.39, 0.29) is 25.0 Å². The molecule has 2 nitrogen and oxygen atoms in total. The summed E-state index contributed by atoms with van der Waals surface area (Å²) in [4.78, 5) is 0. The van der Waals surface area contributed by atoms with Crippen molar-refractivity contribution in [2.45, 2.75) is 58.0 Å². The molecule has 1 rings (SSSR count). The zero-order chi connectivity index (χ0) is 7.83. The van der Waals surface area contributed by atoms with Gasteiger partial charge in [-0.05, 0) is 47.0 Å². The van der Waals surface area contributed by atoms with Crippen molar-refractivity contribution in [2.75, 3.05) is 0 Å². The molecular weight excluding hydrogens is 143 g/mol. The first-order valence-corrected chi connectivity index (χ1v) is 4.21. The second kappa shape index (κ2) is 4.67. The molecule has 0 unspecified atom stereocenters. The van der Waals surface area contributed by atoms with Crippen LogP contribution in [0.2, 0.25) is 0 Å². The molecule has 1 aliphatic heterocycles. The summed E-state index contributed by atoms with van der Waals surface area (Å²) in [6, 6.07) is 0. The van der Waals surface area contributed by atoms with E-state index in [1.54, 1.807) is 0 Å². The third-order valence-corrected chi connectivity index (χ3v) is 2.28. The van der Waals surface area contributed by atoms with Crippen molar-refractivity contribution >= 4 is 0 Å². The van der Waals surface area contributed by atoms with Crippen LogP contribution in [0, 0.1) is 0 Å². The van der Waals surface area contributed by atoms with Crippen molar-refractivity contribution in [1.82, 2.24) is 5.32 Å². The summed E-state index contributed by atoms with van der Waals surface area (Å²) in [6.45, 7) is 9.14. The molecule has 1 heterocycles. The van der Waals surface area contributed by atoms with E-state index in [1.165, 1.54) is 19.3 Å². The average Bonchev–Trinajstić information content (AvgIpc) is 1.56. The Morgan fingerprint density at radius 3 is 1.42 bits per heavy atom. The van der Waals surface area contributed by atoms with Gasteiger partial charge in [0.2, 0.25) is 0 Å². The van der Waals surface area contributed by atoms with Crippen LogP contribution in [0.25, 0.3) is 6.15 Å². The van der Waals surface area contributed by atoms with Gasteiger partial charge in [-0.1, -0.05) is 0 Å². The van der Waals surface area contributed by atoms with Crippen LogP contribution in [0.5, 0.6) is 0 Å². The van der Waals surface area contributed by atoms with E-state index in [2.05, 4.69) is 33.0 Å². The molecule has 1 fully saturated rings. The number of nitrogens with one attached hydrogen (secondary N) is 1. The molecule has 68 valence electrons. The van der Waals surface area contributed by atoms with E-state index in [1.807, 2.05) is 0 Å². The third kappa shape index (κ3) is 4.52. The van der Waals surface area contributed by atoms with Crippen LogP contribution >= 0.6 is 0 Å². The largest absolute Gasteiger partial charge is 1.00 e. The molecule has 0 spiro atoms. The van der Waals surface area contributed by atoms with Gasteiger partial charge < -0.3 is 11.5 Å². The zero-order valence-electron chi connectivity index (χ0n) is 9.20. The normalized spacial score (nSPS) is 25.0. The number of nitrogens with two attached hydrogens (primary N) is 1. The minimum atomic E-state index is 0. The van der Waals surface area contributed by atoms with Gasteiger partial charge in [0.05, 0.1) is 0 Å². The minimum Gasteiger partial charge on any atom is -0.693 e. The SMILES string of the molecule is CC1(C)CCCC(C)(C)N1.[Li+].[NH2-]. The molecule has 0 aromatic rings. The third-order valence-electron chi connectivity index (χ3n) is 2.28. The zero-order valence-corrected chi connectivity index (χ0v) is 9.20. The van der Waals surface area contributed by atoms with Crippen LogP contribution in [0.1, 0.15) is 47.0 Å². The van der Waals surface area contributed by atoms with Gasteiger partial charge in [-0.3, -0.25) is 0 Å². The van der Waals surface area contributed by atoms with Crippen LogP contribution < -0.4 is 24.2 Å². The Kier molecular flexibility index (Phi) is 5.84. The Morgan fingerprint density at radius 2 is 1.25 bits per heavy atom. The molecule has 0 aliphatic carbocycles. The fourth-order valence-corrected chi connectivity index (χ4v) is 2.01. The Morgan fingerprint density at radius 1 is 0.917 bits per heavy atom. The maximum atomic E-state index is 3.63. The summed E-state index contributed by atoms with van der Waals surface area (Å²) in [6.07, 6.45) is 4.00. The van der Waals surface area contributed by atoms with Gasteiger partial charge in [0.15, 0.2) is 0 Å². The molecule has 0 radical (unpaired) electrons. The first kappa shape index (κ1) is 15.0. The molecule has 12 heavy (non-hydrogen) atoms. The van der Waals surface area contributed by atoms with Crippen LogP contribution in [0.3, 0.4) is 0 Å². The molecule has 3 heteroatoms. The number of hydrogen-bond donors (Lipinski definition) is 1. The summed E-state index contributed by atoms with van der Waals surface area (Å²) in [5.41, 5.74) is 0.726. The summed E-state index contributed by atoms with van der Waals surface area (Å²) < 4.78 is 0. The van der Waals surface area contributed by atoms with Gasteiger partial charge >= 0.3 is 18.9 Å². The molecule has 0 aromatic carbocycles. The Bertz CT molecular complexity index is 118. The van der Waals surface area contributed by atoms with Gasteiger partial charge in [-0.15, -0.1) is 0 Å². The van der Waals surface area contributed by atoms with Crippen LogP contribution in [0.4, 0.5) is 0 Å². The number of hydrogen-bond acceptors (Lipinski definition) is 1. The molecule has 1 saturated heterocycles. The predicted octanol–water partition coefficient (Wildman–Crippen LogP) is 0.0382. The summed E-state index contributed by atoms with van der Waals surface area (Å²) >= 11 is 0. The Balaban J connectivity index is 0. The van der Waals surface area contributed by atoms with E-state index >= 15 is 0 Å². The Labute approximate surface area is 88.6 Å². The van der Waals surface area contributed by atoms with Crippen LogP contribution in [-0.2, 0) is 0 Å². The predicted molar refractivity (Wildman–Crippen MR) is 50.4 cm³/mol. The maximum Gasteiger partial charge on any atom is 1.00 e. The fourth-order valence-electron chi connectivity index (χ4n) is 2.01. The van der Waals surface area contributed by atoms with Crippen molar-refractivity contribution in [2.24, 2.45) is 0 Å². The molecule has 1 aliphatic rings. The van der Waals surface area contributed by atoms with Crippen molar-refractivity contribution in [1.29, 1.82) is 0 Å². The van der Waals surface area contributed by atoms with Gasteiger partial charge in [0.1, 0.15) is 0 Å². The molecule has 3 N–H and O–H groups in total. The molecule has 0 amide bonds. The molecule has 0 saturated carbocycles. The van der Waals surface area contributed by atoms with Crippen molar-refractivity contribution in [3.05, 3.63) is 6.15 Å². The maximum absolute atomic E-state index is 3.63. The molecular formula is C9H21LiN2. The van der Waals surface area contributed by atoms with E-state index in [0.29, 0.717) is 11.1 Å². The van der Waals surface area contributed by atoms with Gasteiger partial charge in [-0.2, -0.15) is 0 Å². The summed E-state index contributed by atoms with van der Waals surface area (Å²) in [7, 11) is 0. The summed E-state index contributed by atoms with van der Waals surface area (Å²) in [5.74, 6) is 0. The van der Waals surface area contributed by atoms with E-state index in [0.717, 1.165) is 0 Å². The van der Waals surface area contributed by atoms with Gasteiger partial charge in [0, 0.05) is 11.1 Å². The quantitative estimate of drug-likeness (QED) is 0.505. The molecule has 0 bridgehead atoms. The first-order chi connectivity index (χ1) is 4.41. The minimum absolute atomic E-state index is 0. The first-order valence-electron chi connectivity index (χ1n) is 4.21. The van der Waals surface area contributed by atoms with Gasteiger partial charge in [-0.25, -0.2) is 0 Å². The molecule has 0 aromatic heterocycles. The Hall–Kier alpha value is 0.517. The second-order valence-corrected chi connectivity index (χ2v) is 4.75. The van der Waals surface area contributed by atoms with Gasteiger partial charge in [0.25, 0.3) is 0 Å². The summed E-state index contributed by atoms with van der Waals surface area (Å²) in [5, 5.41) is 3.63. The van der Waals surface area contributed by atoms with Crippen LogP contribution in [0.15, 0.2) is 0 Å². The fraction of sp³-hybridized carbons (Fsp3) is 1.00.